The lowest BCUT2D eigenvalue weighted by Gasteiger charge is -1.96. The molecule has 3 aromatic heterocycles. The molecule has 6 heteroatoms. The molecule has 0 bridgehead atoms. The molecule has 94 valence electrons. The summed E-state index contributed by atoms with van der Waals surface area (Å²) >= 11 is 0. The number of furan rings is 1. The Morgan fingerprint density at radius 3 is 2.68 bits per heavy atom. The number of hydrogen-bond donors (Lipinski definition) is 0. The van der Waals surface area contributed by atoms with Crippen molar-refractivity contribution in [3.8, 4) is 17.4 Å². The summed E-state index contributed by atoms with van der Waals surface area (Å²) < 4.78 is 6.94. The van der Waals surface area contributed by atoms with Gasteiger partial charge in [-0.2, -0.15) is 5.10 Å². The average Bonchev–Trinajstić information content (AvgIpc) is 3.05. The summed E-state index contributed by atoms with van der Waals surface area (Å²) in [5.74, 6) is 1.71. The Morgan fingerprint density at radius 1 is 1.26 bits per heavy atom. The quantitative estimate of drug-likeness (QED) is 0.669. The summed E-state index contributed by atoms with van der Waals surface area (Å²) in [4.78, 5) is 19.3. The van der Waals surface area contributed by atoms with Crippen LogP contribution >= 0.6 is 0 Å². The van der Waals surface area contributed by atoms with Crippen molar-refractivity contribution in [3.63, 3.8) is 0 Å². The van der Waals surface area contributed by atoms with Crippen LogP contribution in [0.2, 0.25) is 0 Å². The summed E-state index contributed by atoms with van der Waals surface area (Å²) in [5.41, 5.74) is 0.914. The van der Waals surface area contributed by atoms with Crippen molar-refractivity contribution in [1.82, 2.24) is 19.7 Å². The van der Waals surface area contributed by atoms with Crippen molar-refractivity contribution in [2.45, 2.75) is 6.92 Å². The highest BCUT2D eigenvalue weighted by molar-refractivity contribution is 5.84. The number of carbonyl (C=O) groups is 1. The van der Waals surface area contributed by atoms with Gasteiger partial charge in [0.05, 0.1) is 5.56 Å². The van der Waals surface area contributed by atoms with E-state index in [-0.39, 0.29) is 0 Å². The molecule has 0 atom stereocenters. The zero-order valence-electron chi connectivity index (χ0n) is 10.1. The molecule has 0 spiro atoms. The molecule has 0 amide bonds. The minimum Gasteiger partial charge on any atom is -0.460 e. The Labute approximate surface area is 108 Å². The molecule has 0 aliphatic heterocycles. The van der Waals surface area contributed by atoms with E-state index in [2.05, 4.69) is 15.1 Å². The molecule has 3 rings (SSSR count). The Balaban J connectivity index is 2.11. The standard InChI is InChI=1S/C13H10N4O2/c1-9-3-4-11(19-9)12-10(8-18)7-17(16-12)13-14-5-2-6-15-13/h2-8H,1H3. The third kappa shape index (κ3) is 2.03. The van der Waals surface area contributed by atoms with E-state index in [0.717, 1.165) is 12.0 Å². The minimum atomic E-state index is 0.403. The van der Waals surface area contributed by atoms with E-state index in [0.29, 0.717) is 23.0 Å². The van der Waals surface area contributed by atoms with Gasteiger partial charge in [-0.3, -0.25) is 4.79 Å². The Morgan fingerprint density at radius 2 is 2.05 bits per heavy atom. The highest BCUT2D eigenvalue weighted by Gasteiger charge is 2.15. The molecule has 3 aromatic rings. The van der Waals surface area contributed by atoms with E-state index in [9.17, 15) is 4.79 Å². The predicted octanol–water partition coefficient (Wildman–Crippen LogP) is 2.04. The van der Waals surface area contributed by atoms with Crippen LogP contribution in [0.3, 0.4) is 0 Å². The van der Waals surface area contributed by atoms with Gasteiger partial charge in [0.1, 0.15) is 11.5 Å². The molecule has 19 heavy (non-hydrogen) atoms. The second-order valence-electron chi connectivity index (χ2n) is 3.95. The Kier molecular flexibility index (Phi) is 2.68. The van der Waals surface area contributed by atoms with E-state index >= 15 is 0 Å². The smallest absolute Gasteiger partial charge is 0.250 e. The summed E-state index contributed by atoms with van der Waals surface area (Å²) in [6, 6.07) is 5.31. The third-order valence-corrected chi connectivity index (χ3v) is 2.60. The number of nitrogens with zero attached hydrogens (tertiary/aromatic N) is 4. The second-order valence-corrected chi connectivity index (χ2v) is 3.95. The van der Waals surface area contributed by atoms with Crippen molar-refractivity contribution in [2.24, 2.45) is 0 Å². The topological polar surface area (TPSA) is 73.8 Å². The molecule has 0 fully saturated rings. The third-order valence-electron chi connectivity index (χ3n) is 2.60. The monoisotopic (exact) mass is 254 g/mol. The second kappa shape index (κ2) is 4.49. The van der Waals surface area contributed by atoms with Crippen LogP contribution in [0.1, 0.15) is 16.1 Å². The van der Waals surface area contributed by atoms with Crippen LogP contribution in [-0.4, -0.2) is 26.0 Å². The maximum absolute atomic E-state index is 11.1. The molecular weight excluding hydrogens is 244 g/mol. The molecule has 0 aliphatic carbocycles. The van der Waals surface area contributed by atoms with Gasteiger partial charge in [-0.05, 0) is 25.1 Å². The number of aldehydes is 1. The van der Waals surface area contributed by atoms with Crippen LogP contribution < -0.4 is 0 Å². The molecular formula is C13H10N4O2. The first-order valence-corrected chi connectivity index (χ1v) is 5.67. The Hall–Kier alpha value is -2.76. The largest absolute Gasteiger partial charge is 0.460 e. The van der Waals surface area contributed by atoms with Crippen molar-refractivity contribution in [3.05, 3.63) is 48.1 Å². The number of hydrogen-bond acceptors (Lipinski definition) is 5. The lowest BCUT2D eigenvalue weighted by molar-refractivity contribution is 0.112. The van der Waals surface area contributed by atoms with Crippen molar-refractivity contribution >= 4 is 6.29 Å². The number of carbonyl (C=O) groups excluding carboxylic acids is 1. The predicted molar refractivity (Wildman–Crippen MR) is 67.0 cm³/mol. The Bertz CT molecular complexity index is 715. The van der Waals surface area contributed by atoms with Gasteiger partial charge >= 0.3 is 0 Å². The van der Waals surface area contributed by atoms with Crippen molar-refractivity contribution in [1.29, 1.82) is 0 Å². The fraction of sp³-hybridized carbons (Fsp3) is 0.0769. The van der Waals surface area contributed by atoms with Gasteiger partial charge in [0, 0.05) is 18.6 Å². The molecule has 0 N–H and O–H groups in total. The van der Waals surface area contributed by atoms with Crippen molar-refractivity contribution in [2.75, 3.05) is 0 Å². The van der Waals surface area contributed by atoms with Gasteiger partial charge < -0.3 is 4.42 Å². The fourth-order valence-corrected chi connectivity index (χ4v) is 1.74. The summed E-state index contributed by atoms with van der Waals surface area (Å²) in [6.07, 6.45) is 5.54. The zero-order chi connectivity index (χ0) is 13.2. The number of aromatic nitrogens is 4. The van der Waals surface area contributed by atoms with Crippen LogP contribution in [0, 0.1) is 6.92 Å². The lowest BCUT2D eigenvalue weighted by atomic mass is 10.2. The first-order chi connectivity index (χ1) is 9.28. The summed E-state index contributed by atoms with van der Waals surface area (Å²) in [7, 11) is 0. The first kappa shape index (κ1) is 11.3. The highest BCUT2D eigenvalue weighted by atomic mass is 16.3. The van der Waals surface area contributed by atoms with E-state index in [1.807, 2.05) is 13.0 Å². The molecule has 6 nitrogen and oxygen atoms in total. The van der Waals surface area contributed by atoms with E-state index in [4.69, 9.17) is 4.42 Å². The average molecular weight is 254 g/mol. The van der Waals surface area contributed by atoms with E-state index in [1.165, 1.54) is 4.68 Å². The summed E-state index contributed by atoms with van der Waals surface area (Å²) in [5, 5.41) is 4.30. The van der Waals surface area contributed by atoms with E-state index in [1.54, 1.807) is 30.7 Å². The van der Waals surface area contributed by atoms with Crippen LogP contribution in [0.4, 0.5) is 0 Å². The zero-order valence-corrected chi connectivity index (χ0v) is 10.1. The fourth-order valence-electron chi connectivity index (χ4n) is 1.74. The van der Waals surface area contributed by atoms with Crippen LogP contribution in [0.25, 0.3) is 17.4 Å². The van der Waals surface area contributed by atoms with Crippen molar-refractivity contribution < 1.29 is 9.21 Å². The normalized spacial score (nSPS) is 10.6. The van der Waals surface area contributed by atoms with Gasteiger partial charge in [-0.15, -0.1) is 0 Å². The number of rotatable bonds is 3. The maximum Gasteiger partial charge on any atom is 0.250 e. The van der Waals surface area contributed by atoms with Gasteiger partial charge in [-0.25, -0.2) is 14.6 Å². The molecule has 0 aromatic carbocycles. The first-order valence-electron chi connectivity index (χ1n) is 5.67. The van der Waals surface area contributed by atoms with Crippen LogP contribution in [-0.2, 0) is 0 Å². The lowest BCUT2D eigenvalue weighted by Crippen LogP contribution is -2.00. The van der Waals surface area contributed by atoms with Gasteiger partial charge in [0.15, 0.2) is 12.0 Å². The molecule has 0 saturated carbocycles. The molecule has 0 unspecified atom stereocenters. The van der Waals surface area contributed by atoms with Gasteiger partial charge in [-0.1, -0.05) is 0 Å². The molecule has 0 saturated heterocycles. The maximum atomic E-state index is 11.1. The SMILES string of the molecule is Cc1ccc(-c2nn(-c3ncccn3)cc2C=O)o1. The van der Waals surface area contributed by atoms with Gasteiger partial charge in [0.2, 0.25) is 5.95 Å². The van der Waals surface area contributed by atoms with E-state index < -0.39 is 0 Å². The van der Waals surface area contributed by atoms with Crippen LogP contribution in [0.5, 0.6) is 0 Å². The molecule has 0 aliphatic rings. The minimum absolute atomic E-state index is 0.403. The summed E-state index contributed by atoms with van der Waals surface area (Å²) in [6.45, 7) is 1.83. The van der Waals surface area contributed by atoms with Crippen LogP contribution in [0.15, 0.2) is 41.2 Å². The highest BCUT2D eigenvalue weighted by Crippen LogP contribution is 2.23. The molecule has 3 heterocycles. The molecule has 0 radical (unpaired) electrons. The van der Waals surface area contributed by atoms with Gasteiger partial charge in [0.25, 0.3) is 0 Å². The number of aryl methyl sites for hydroxylation is 1.